The van der Waals surface area contributed by atoms with E-state index in [9.17, 15) is 4.79 Å². The first-order chi connectivity index (χ1) is 6.72. The van der Waals surface area contributed by atoms with Crippen molar-refractivity contribution in [2.75, 3.05) is 0 Å². The zero-order valence-electron chi connectivity index (χ0n) is 9.76. The van der Waals surface area contributed by atoms with Crippen LogP contribution in [0.2, 0.25) is 0 Å². The van der Waals surface area contributed by atoms with Crippen molar-refractivity contribution >= 4 is 6.09 Å². The fourth-order valence-corrected chi connectivity index (χ4v) is 0.942. The van der Waals surface area contributed by atoms with Gasteiger partial charge < -0.3 is 10.1 Å². The molecule has 0 aromatic rings. The van der Waals surface area contributed by atoms with Crippen molar-refractivity contribution < 1.29 is 9.53 Å². The van der Waals surface area contributed by atoms with E-state index in [4.69, 9.17) is 10.00 Å². The third kappa shape index (κ3) is 5.74. The molecule has 0 aliphatic rings. The first-order valence-corrected chi connectivity index (χ1v) is 4.76. The van der Waals surface area contributed by atoms with Gasteiger partial charge in [-0.2, -0.15) is 5.26 Å². The monoisotopic (exact) mass is 210 g/mol. The van der Waals surface area contributed by atoms with Gasteiger partial charge in [0.05, 0.1) is 6.07 Å². The minimum Gasteiger partial charge on any atom is -0.444 e. The lowest BCUT2D eigenvalue weighted by Gasteiger charge is -2.25. The SMILES string of the molecule is C=CC[C@@](C)(C#N)NC(=O)OC(C)(C)C. The summed E-state index contributed by atoms with van der Waals surface area (Å²) in [6.07, 6.45) is 1.37. The van der Waals surface area contributed by atoms with Crippen molar-refractivity contribution in [2.45, 2.75) is 45.3 Å². The molecule has 1 amide bonds. The van der Waals surface area contributed by atoms with E-state index in [0.717, 1.165) is 0 Å². The van der Waals surface area contributed by atoms with Crippen molar-refractivity contribution in [1.82, 2.24) is 5.32 Å². The summed E-state index contributed by atoms with van der Waals surface area (Å²) in [7, 11) is 0. The molecule has 0 spiro atoms. The topological polar surface area (TPSA) is 62.1 Å². The van der Waals surface area contributed by atoms with Crippen LogP contribution in [0.4, 0.5) is 4.79 Å². The van der Waals surface area contributed by atoms with Crippen molar-refractivity contribution in [1.29, 1.82) is 5.26 Å². The Hall–Kier alpha value is -1.50. The number of carbonyl (C=O) groups excluding carboxylic acids is 1. The molecule has 0 unspecified atom stereocenters. The Labute approximate surface area is 90.9 Å². The molecule has 4 nitrogen and oxygen atoms in total. The van der Waals surface area contributed by atoms with E-state index in [1.54, 1.807) is 33.8 Å². The largest absolute Gasteiger partial charge is 0.444 e. The highest BCUT2D eigenvalue weighted by Crippen LogP contribution is 2.12. The van der Waals surface area contributed by atoms with E-state index >= 15 is 0 Å². The number of carbonyl (C=O) groups is 1. The quantitative estimate of drug-likeness (QED) is 0.727. The molecule has 0 aliphatic heterocycles. The van der Waals surface area contributed by atoms with Gasteiger partial charge >= 0.3 is 6.09 Å². The lowest BCUT2D eigenvalue weighted by molar-refractivity contribution is 0.0488. The summed E-state index contributed by atoms with van der Waals surface area (Å²) in [4.78, 5) is 11.4. The molecular weight excluding hydrogens is 192 g/mol. The first-order valence-electron chi connectivity index (χ1n) is 4.76. The Kier molecular flexibility index (Phi) is 4.35. The summed E-state index contributed by atoms with van der Waals surface area (Å²) in [6, 6.07) is 2.01. The average molecular weight is 210 g/mol. The van der Waals surface area contributed by atoms with Gasteiger partial charge in [0.15, 0.2) is 0 Å². The summed E-state index contributed by atoms with van der Waals surface area (Å²) >= 11 is 0. The van der Waals surface area contributed by atoms with Crippen molar-refractivity contribution in [3.63, 3.8) is 0 Å². The van der Waals surface area contributed by atoms with Crippen LogP contribution in [0.1, 0.15) is 34.1 Å². The van der Waals surface area contributed by atoms with Gasteiger partial charge in [-0.3, -0.25) is 0 Å². The number of amides is 1. The maximum atomic E-state index is 11.4. The summed E-state index contributed by atoms with van der Waals surface area (Å²) in [5, 5.41) is 11.4. The molecule has 0 saturated heterocycles. The van der Waals surface area contributed by atoms with E-state index in [0.29, 0.717) is 6.42 Å². The molecule has 0 saturated carbocycles. The van der Waals surface area contributed by atoms with Gasteiger partial charge in [0.25, 0.3) is 0 Å². The van der Waals surface area contributed by atoms with Crippen LogP contribution in [0, 0.1) is 11.3 Å². The van der Waals surface area contributed by atoms with Gasteiger partial charge in [0.2, 0.25) is 0 Å². The van der Waals surface area contributed by atoms with Crippen LogP contribution in [0.25, 0.3) is 0 Å². The van der Waals surface area contributed by atoms with Gasteiger partial charge in [0, 0.05) is 6.42 Å². The second-order valence-electron chi connectivity index (χ2n) is 4.56. The van der Waals surface area contributed by atoms with Crippen LogP contribution in [0.15, 0.2) is 12.7 Å². The molecule has 0 heterocycles. The first kappa shape index (κ1) is 13.5. The zero-order valence-corrected chi connectivity index (χ0v) is 9.76. The molecule has 0 aromatic carbocycles. The van der Waals surface area contributed by atoms with E-state index in [1.165, 1.54) is 0 Å². The van der Waals surface area contributed by atoms with E-state index < -0.39 is 17.2 Å². The Morgan fingerprint density at radius 1 is 1.53 bits per heavy atom. The smallest absolute Gasteiger partial charge is 0.408 e. The Balaban J connectivity index is 4.39. The number of alkyl carbamates (subject to hydrolysis) is 1. The molecule has 0 rings (SSSR count). The molecule has 1 N–H and O–H groups in total. The number of hydrogen-bond acceptors (Lipinski definition) is 3. The molecule has 1 atom stereocenters. The molecule has 0 bridgehead atoms. The molecule has 15 heavy (non-hydrogen) atoms. The van der Waals surface area contributed by atoms with E-state index in [-0.39, 0.29) is 0 Å². The highest BCUT2D eigenvalue weighted by Gasteiger charge is 2.27. The summed E-state index contributed by atoms with van der Waals surface area (Å²) < 4.78 is 5.05. The molecule has 84 valence electrons. The van der Waals surface area contributed by atoms with Crippen LogP contribution >= 0.6 is 0 Å². The van der Waals surface area contributed by atoms with E-state index in [1.807, 2.05) is 6.07 Å². The fourth-order valence-electron chi connectivity index (χ4n) is 0.942. The third-order valence-corrected chi connectivity index (χ3v) is 1.58. The molecule has 4 heteroatoms. The lowest BCUT2D eigenvalue weighted by Crippen LogP contribution is -2.46. The lowest BCUT2D eigenvalue weighted by atomic mass is 10.0. The van der Waals surface area contributed by atoms with Crippen LogP contribution in [0.5, 0.6) is 0 Å². The number of nitriles is 1. The van der Waals surface area contributed by atoms with Gasteiger partial charge in [-0.15, -0.1) is 6.58 Å². The Bertz CT molecular complexity index is 286. The maximum absolute atomic E-state index is 11.4. The summed E-state index contributed by atoms with van der Waals surface area (Å²) in [5.41, 5.74) is -1.52. The minimum absolute atomic E-state index is 0.378. The molecule has 0 radical (unpaired) electrons. The van der Waals surface area contributed by atoms with Gasteiger partial charge in [-0.25, -0.2) is 4.79 Å². The minimum atomic E-state index is -0.954. The van der Waals surface area contributed by atoms with Crippen molar-refractivity contribution in [2.24, 2.45) is 0 Å². The molecule has 0 aliphatic carbocycles. The van der Waals surface area contributed by atoms with Crippen molar-refractivity contribution in [3.8, 4) is 6.07 Å². The number of nitrogens with zero attached hydrogens (tertiary/aromatic N) is 1. The Morgan fingerprint density at radius 3 is 2.40 bits per heavy atom. The molecule has 0 fully saturated rings. The second kappa shape index (κ2) is 4.83. The standard InChI is InChI=1S/C11H18N2O2/c1-6-7-11(5,8-12)13-9(14)15-10(2,3)4/h6H,1,7H2,2-5H3,(H,13,14)/t11-/m0/s1. The van der Waals surface area contributed by atoms with Gasteiger partial charge in [-0.1, -0.05) is 6.08 Å². The Morgan fingerprint density at radius 2 is 2.07 bits per heavy atom. The van der Waals surface area contributed by atoms with Crippen LogP contribution < -0.4 is 5.32 Å². The average Bonchev–Trinajstić information content (AvgIpc) is 2.00. The second-order valence-corrected chi connectivity index (χ2v) is 4.56. The summed E-state index contributed by atoms with van der Waals surface area (Å²) in [6.45, 7) is 10.5. The highest BCUT2D eigenvalue weighted by atomic mass is 16.6. The zero-order chi connectivity index (χ0) is 12.1. The van der Waals surface area contributed by atoms with Gasteiger partial charge in [0.1, 0.15) is 11.1 Å². The fraction of sp³-hybridized carbons (Fsp3) is 0.636. The van der Waals surface area contributed by atoms with Crippen LogP contribution in [0.3, 0.4) is 0 Å². The van der Waals surface area contributed by atoms with Gasteiger partial charge in [-0.05, 0) is 27.7 Å². The normalized spacial score (nSPS) is 14.6. The predicted molar refractivity (Wildman–Crippen MR) is 58.2 cm³/mol. The number of rotatable bonds is 3. The number of ether oxygens (including phenoxy) is 1. The predicted octanol–water partition coefficient (Wildman–Crippen LogP) is 2.37. The molecular formula is C11H18N2O2. The van der Waals surface area contributed by atoms with Crippen LogP contribution in [-0.2, 0) is 4.74 Å². The van der Waals surface area contributed by atoms with Crippen molar-refractivity contribution in [3.05, 3.63) is 12.7 Å². The van der Waals surface area contributed by atoms with Crippen LogP contribution in [-0.4, -0.2) is 17.2 Å². The number of hydrogen-bond donors (Lipinski definition) is 1. The van der Waals surface area contributed by atoms with E-state index in [2.05, 4.69) is 11.9 Å². The maximum Gasteiger partial charge on any atom is 0.408 e. The highest BCUT2D eigenvalue weighted by molar-refractivity contribution is 5.69. The summed E-state index contributed by atoms with van der Waals surface area (Å²) in [5.74, 6) is 0. The third-order valence-electron chi connectivity index (χ3n) is 1.58. The molecule has 0 aromatic heterocycles. The number of nitrogens with one attached hydrogen (secondary N) is 1.